The smallest absolute Gasteiger partial charge is 0.0700 e. The van der Waals surface area contributed by atoms with Crippen LogP contribution in [-0.2, 0) is 0 Å². The SMILES string of the molecule is C=C[C@H](NC)[C@H](C)O.CC. The molecular formula is C8H19NO. The predicted molar refractivity (Wildman–Crippen MR) is 46.1 cm³/mol. The van der Waals surface area contributed by atoms with E-state index in [1.54, 1.807) is 20.0 Å². The maximum absolute atomic E-state index is 8.88. The van der Waals surface area contributed by atoms with Crippen molar-refractivity contribution < 1.29 is 5.11 Å². The Bertz CT molecular complexity index is 71.7. The summed E-state index contributed by atoms with van der Waals surface area (Å²) in [5, 5.41) is 11.8. The van der Waals surface area contributed by atoms with Crippen LogP contribution in [0.25, 0.3) is 0 Å². The molecule has 2 heteroatoms. The Kier molecular flexibility index (Phi) is 10.7. The average molecular weight is 145 g/mol. The molecule has 2 nitrogen and oxygen atoms in total. The molecule has 62 valence electrons. The van der Waals surface area contributed by atoms with Gasteiger partial charge in [0.25, 0.3) is 0 Å². The fourth-order valence-electron chi connectivity index (χ4n) is 0.556. The van der Waals surface area contributed by atoms with Crippen molar-refractivity contribution in [1.82, 2.24) is 5.32 Å². The van der Waals surface area contributed by atoms with E-state index >= 15 is 0 Å². The number of aliphatic hydroxyl groups excluding tert-OH is 1. The third-order valence-electron chi connectivity index (χ3n) is 1.11. The van der Waals surface area contributed by atoms with E-state index in [-0.39, 0.29) is 12.1 Å². The molecule has 0 radical (unpaired) electrons. The van der Waals surface area contributed by atoms with E-state index < -0.39 is 0 Å². The number of aliphatic hydroxyl groups is 1. The largest absolute Gasteiger partial charge is 0.391 e. The fourth-order valence-corrected chi connectivity index (χ4v) is 0.556. The van der Waals surface area contributed by atoms with Crippen LogP contribution in [0.3, 0.4) is 0 Å². The lowest BCUT2D eigenvalue weighted by atomic mass is 10.2. The molecule has 0 spiro atoms. The molecule has 10 heavy (non-hydrogen) atoms. The first-order valence-electron chi connectivity index (χ1n) is 3.70. The van der Waals surface area contributed by atoms with Crippen molar-refractivity contribution in [2.75, 3.05) is 7.05 Å². The Hall–Kier alpha value is -0.340. The standard InChI is InChI=1S/C6H13NO.C2H6/c1-4-6(7-3)5(2)8;1-2/h4-8H,1H2,2-3H3;1-2H3/t5-,6-;/m0./s1. The second kappa shape index (κ2) is 8.66. The van der Waals surface area contributed by atoms with E-state index in [0.29, 0.717) is 0 Å². The minimum atomic E-state index is -0.350. The monoisotopic (exact) mass is 145 g/mol. The first-order chi connectivity index (χ1) is 4.72. The molecule has 0 unspecified atom stereocenters. The minimum absolute atomic E-state index is 0.0231. The summed E-state index contributed by atoms with van der Waals surface area (Å²) in [5.41, 5.74) is 0. The number of hydrogen-bond acceptors (Lipinski definition) is 2. The highest BCUT2D eigenvalue weighted by molar-refractivity contribution is 4.87. The third kappa shape index (κ3) is 5.79. The van der Waals surface area contributed by atoms with Gasteiger partial charge in [0, 0.05) is 0 Å². The van der Waals surface area contributed by atoms with Crippen LogP contribution in [0, 0.1) is 0 Å². The third-order valence-corrected chi connectivity index (χ3v) is 1.11. The molecule has 0 aliphatic rings. The molecule has 0 rings (SSSR count). The fraction of sp³-hybridized carbons (Fsp3) is 0.750. The molecule has 2 atom stereocenters. The quantitative estimate of drug-likeness (QED) is 0.584. The topological polar surface area (TPSA) is 32.3 Å². The van der Waals surface area contributed by atoms with Gasteiger partial charge in [-0.1, -0.05) is 19.9 Å². The van der Waals surface area contributed by atoms with Gasteiger partial charge in [-0.3, -0.25) is 0 Å². The molecule has 0 aromatic rings. The van der Waals surface area contributed by atoms with E-state index in [1.165, 1.54) is 0 Å². The van der Waals surface area contributed by atoms with Gasteiger partial charge in [0.15, 0.2) is 0 Å². The van der Waals surface area contributed by atoms with Crippen molar-refractivity contribution in [2.45, 2.75) is 32.9 Å². The van der Waals surface area contributed by atoms with E-state index in [0.717, 1.165) is 0 Å². The van der Waals surface area contributed by atoms with Gasteiger partial charge in [0.05, 0.1) is 12.1 Å². The maximum Gasteiger partial charge on any atom is 0.0700 e. The van der Waals surface area contributed by atoms with Crippen LogP contribution >= 0.6 is 0 Å². The number of nitrogens with one attached hydrogen (secondary N) is 1. The molecule has 2 N–H and O–H groups in total. The summed E-state index contributed by atoms with van der Waals surface area (Å²) >= 11 is 0. The highest BCUT2D eigenvalue weighted by Crippen LogP contribution is 1.90. The predicted octanol–water partition coefficient (Wildman–Crippen LogP) is 1.17. The van der Waals surface area contributed by atoms with Gasteiger partial charge in [-0.15, -0.1) is 6.58 Å². The van der Waals surface area contributed by atoms with Crippen LogP contribution < -0.4 is 5.32 Å². The lowest BCUT2D eigenvalue weighted by Crippen LogP contribution is -2.33. The summed E-state index contributed by atoms with van der Waals surface area (Å²) < 4.78 is 0. The molecule has 0 aromatic heterocycles. The maximum atomic E-state index is 8.88. The van der Waals surface area contributed by atoms with Crippen LogP contribution in [0.1, 0.15) is 20.8 Å². The van der Waals surface area contributed by atoms with Crippen LogP contribution in [-0.4, -0.2) is 24.3 Å². The van der Waals surface area contributed by atoms with Crippen molar-refractivity contribution in [2.24, 2.45) is 0 Å². The zero-order valence-corrected chi connectivity index (χ0v) is 7.39. The Morgan fingerprint density at radius 1 is 1.50 bits per heavy atom. The summed E-state index contributed by atoms with van der Waals surface area (Å²) in [7, 11) is 1.79. The van der Waals surface area contributed by atoms with Gasteiger partial charge in [0.1, 0.15) is 0 Å². The van der Waals surface area contributed by atoms with Crippen molar-refractivity contribution in [3.8, 4) is 0 Å². The molecule has 0 aliphatic heterocycles. The van der Waals surface area contributed by atoms with Gasteiger partial charge < -0.3 is 10.4 Å². The molecule has 0 bridgehead atoms. The average Bonchev–Trinajstić information content (AvgIpc) is 1.94. The van der Waals surface area contributed by atoms with Crippen molar-refractivity contribution >= 4 is 0 Å². The molecule has 0 fully saturated rings. The van der Waals surface area contributed by atoms with Crippen LogP contribution in [0.2, 0.25) is 0 Å². The lowest BCUT2D eigenvalue weighted by molar-refractivity contribution is 0.168. The summed E-state index contributed by atoms with van der Waals surface area (Å²) in [6.45, 7) is 9.26. The highest BCUT2D eigenvalue weighted by atomic mass is 16.3. The first-order valence-corrected chi connectivity index (χ1v) is 3.70. The zero-order chi connectivity index (χ0) is 8.57. The molecule has 0 heterocycles. The van der Waals surface area contributed by atoms with E-state index in [1.807, 2.05) is 13.8 Å². The van der Waals surface area contributed by atoms with Crippen molar-refractivity contribution in [3.63, 3.8) is 0 Å². The van der Waals surface area contributed by atoms with Crippen molar-refractivity contribution in [1.29, 1.82) is 0 Å². The summed E-state index contributed by atoms with van der Waals surface area (Å²) in [5.74, 6) is 0. The number of hydrogen-bond donors (Lipinski definition) is 2. The zero-order valence-electron chi connectivity index (χ0n) is 7.39. The van der Waals surface area contributed by atoms with Crippen LogP contribution in [0.4, 0.5) is 0 Å². The Balaban J connectivity index is 0. The number of likely N-dealkylation sites (N-methyl/N-ethyl adjacent to an activating group) is 1. The molecular weight excluding hydrogens is 126 g/mol. The second-order valence-electron chi connectivity index (χ2n) is 1.79. The Morgan fingerprint density at radius 2 is 1.90 bits per heavy atom. The molecule has 0 saturated heterocycles. The van der Waals surface area contributed by atoms with Gasteiger partial charge in [-0.25, -0.2) is 0 Å². The van der Waals surface area contributed by atoms with Gasteiger partial charge in [-0.05, 0) is 14.0 Å². The Labute approximate surface area is 64.0 Å². The first kappa shape index (κ1) is 12.3. The molecule has 0 amide bonds. The minimum Gasteiger partial charge on any atom is -0.391 e. The van der Waals surface area contributed by atoms with Crippen molar-refractivity contribution in [3.05, 3.63) is 12.7 Å². The highest BCUT2D eigenvalue weighted by Gasteiger charge is 2.05. The lowest BCUT2D eigenvalue weighted by Gasteiger charge is -2.12. The summed E-state index contributed by atoms with van der Waals surface area (Å²) in [6.07, 6.45) is 1.34. The normalized spacial score (nSPS) is 14.5. The van der Waals surface area contributed by atoms with Crippen LogP contribution in [0.15, 0.2) is 12.7 Å². The second-order valence-corrected chi connectivity index (χ2v) is 1.79. The van der Waals surface area contributed by atoms with Gasteiger partial charge >= 0.3 is 0 Å². The summed E-state index contributed by atoms with van der Waals surface area (Å²) in [4.78, 5) is 0. The van der Waals surface area contributed by atoms with Gasteiger partial charge in [0.2, 0.25) is 0 Å². The van der Waals surface area contributed by atoms with Gasteiger partial charge in [-0.2, -0.15) is 0 Å². The Morgan fingerprint density at radius 3 is 1.90 bits per heavy atom. The molecule has 0 aromatic carbocycles. The van der Waals surface area contributed by atoms with Crippen LogP contribution in [0.5, 0.6) is 0 Å². The summed E-state index contributed by atoms with van der Waals surface area (Å²) in [6, 6.07) is 0.0231. The van der Waals surface area contributed by atoms with E-state index in [9.17, 15) is 0 Å². The van der Waals surface area contributed by atoms with E-state index in [4.69, 9.17) is 5.11 Å². The number of rotatable bonds is 3. The molecule has 0 aliphatic carbocycles. The van der Waals surface area contributed by atoms with E-state index in [2.05, 4.69) is 11.9 Å². The molecule has 0 saturated carbocycles.